The number of aliphatic carboxylic acids is 1. The second-order valence-corrected chi connectivity index (χ2v) is 1.91. The fraction of sp³-hybridized carbons (Fsp3) is 0.167. The van der Waals surface area contributed by atoms with E-state index < -0.39 is 11.6 Å². The van der Waals surface area contributed by atoms with Crippen LogP contribution in [0.1, 0.15) is 0 Å². The van der Waals surface area contributed by atoms with Crippen molar-refractivity contribution < 1.29 is 9.90 Å². The summed E-state index contributed by atoms with van der Waals surface area (Å²) in [5, 5.41) is 19.4. The van der Waals surface area contributed by atoms with Crippen molar-refractivity contribution >= 4 is 12.2 Å². The first kappa shape index (κ1) is 7.28. The van der Waals surface area contributed by atoms with Gasteiger partial charge in [-0.3, -0.25) is 0 Å². The summed E-state index contributed by atoms with van der Waals surface area (Å²) < 4.78 is 0. The van der Waals surface area contributed by atoms with Crippen molar-refractivity contribution in [3.8, 4) is 6.07 Å². The molecule has 5 heteroatoms. The SMILES string of the molecule is N#CC1(C(=O)O)N=CC=CN1. The Hall–Kier alpha value is -1.83. The highest BCUT2D eigenvalue weighted by Crippen LogP contribution is 2.07. The van der Waals surface area contributed by atoms with Gasteiger partial charge in [0, 0.05) is 12.4 Å². The van der Waals surface area contributed by atoms with Crippen molar-refractivity contribution in [1.29, 1.82) is 5.26 Å². The van der Waals surface area contributed by atoms with E-state index in [0.29, 0.717) is 0 Å². The number of nitrogens with one attached hydrogen (secondary N) is 1. The molecule has 1 rings (SSSR count). The molecule has 1 aliphatic rings. The maximum atomic E-state index is 10.5. The van der Waals surface area contributed by atoms with E-state index in [2.05, 4.69) is 10.3 Å². The predicted octanol–water partition coefficient (Wildman–Crippen LogP) is -0.521. The molecule has 0 radical (unpaired) electrons. The third-order valence-corrected chi connectivity index (χ3v) is 1.21. The van der Waals surface area contributed by atoms with E-state index in [-0.39, 0.29) is 0 Å². The summed E-state index contributed by atoms with van der Waals surface area (Å²) in [7, 11) is 0. The standard InChI is InChI=1S/C6H5N3O2/c7-4-6(5(10)11)8-2-1-3-9-6/h1-3,8H,(H,10,11). The van der Waals surface area contributed by atoms with Crippen LogP contribution in [0, 0.1) is 11.3 Å². The molecule has 0 spiro atoms. The smallest absolute Gasteiger partial charge is 0.368 e. The van der Waals surface area contributed by atoms with Crippen LogP contribution in [0.15, 0.2) is 17.3 Å². The fourth-order valence-electron chi connectivity index (χ4n) is 0.630. The van der Waals surface area contributed by atoms with Crippen LogP contribution < -0.4 is 5.32 Å². The van der Waals surface area contributed by atoms with Gasteiger partial charge in [0.05, 0.1) is 0 Å². The summed E-state index contributed by atoms with van der Waals surface area (Å²) in [6, 6.07) is 1.56. The molecular formula is C6H5N3O2. The summed E-state index contributed by atoms with van der Waals surface area (Å²) >= 11 is 0. The lowest BCUT2D eigenvalue weighted by Crippen LogP contribution is -2.47. The summed E-state index contributed by atoms with van der Waals surface area (Å²) in [4.78, 5) is 14.0. The molecule has 2 N–H and O–H groups in total. The van der Waals surface area contributed by atoms with Gasteiger partial charge < -0.3 is 10.4 Å². The Bertz CT molecular complexity index is 276. The molecule has 0 aromatic heterocycles. The Labute approximate surface area is 62.7 Å². The molecule has 1 atom stereocenters. The first-order chi connectivity index (χ1) is 5.21. The molecule has 0 saturated heterocycles. The molecule has 0 amide bonds. The van der Waals surface area contributed by atoms with Gasteiger partial charge in [-0.1, -0.05) is 0 Å². The van der Waals surface area contributed by atoms with Gasteiger partial charge in [0.15, 0.2) is 0 Å². The Morgan fingerprint density at radius 3 is 2.82 bits per heavy atom. The molecule has 1 heterocycles. The van der Waals surface area contributed by atoms with E-state index >= 15 is 0 Å². The van der Waals surface area contributed by atoms with Crippen molar-refractivity contribution in [1.82, 2.24) is 5.32 Å². The summed E-state index contributed by atoms with van der Waals surface area (Å²) in [5.41, 5.74) is -1.82. The van der Waals surface area contributed by atoms with Crippen LogP contribution in [0.5, 0.6) is 0 Å². The normalized spacial score (nSPS) is 27.2. The number of nitriles is 1. The molecule has 0 bridgehead atoms. The van der Waals surface area contributed by atoms with Gasteiger partial charge in [-0.15, -0.1) is 0 Å². The number of carboxylic acid groups (broad SMARTS) is 1. The van der Waals surface area contributed by atoms with Crippen LogP contribution in [-0.4, -0.2) is 23.0 Å². The van der Waals surface area contributed by atoms with E-state index in [1.54, 1.807) is 6.07 Å². The van der Waals surface area contributed by atoms with Crippen molar-refractivity contribution in [3.05, 3.63) is 12.3 Å². The highest BCUT2D eigenvalue weighted by atomic mass is 16.4. The van der Waals surface area contributed by atoms with Gasteiger partial charge in [-0.2, -0.15) is 5.26 Å². The number of carboxylic acids is 1. The number of carbonyl (C=O) groups is 1. The minimum atomic E-state index is -1.82. The van der Waals surface area contributed by atoms with Crippen molar-refractivity contribution in [2.45, 2.75) is 5.66 Å². The Morgan fingerprint density at radius 2 is 2.55 bits per heavy atom. The molecule has 0 fully saturated rings. The van der Waals surface area contributed by atoms with Crippen molar-refractivity contribution in [2.75, 3.05) is 0 Å². The van der Waals surface area contributed by atoms with E-state index in [1.165, 1.54) is 18.5 Å². The first-order valence-electron chi connectivity index (χ1n) is 2.84. The van der Waals surface area contributed by atoms with Gasteiger partial charge in [0.1, 0.15) is 6.07 Å². The number of nitrogens with zero attached hydrogens (tertiary/aromatic N) is 2. The molecule has 11 heavy (non-hydrogen) atoms. The molecule has 0 aliphatic carbocycles. The van der Waals surface area contributed by atoms with Gasteiger partial charge in [-0.05, 0) is 6.08 Å². The predicted molar refractivity (Wildman–Crippen MR) is 36.7 cm³/mol. The number of hydrogen-bond acceptors (Lipinski definition) is 4. The molecule has 1 aliphatic heterocycles. The zero-order chi connectivity index (χ0) is 8.32. The second-order valence-electron chi connectivity index (χ2n) is 1.91. The second kappa shape index (κ2) is 2.42. The number of rotatable bonds is 1. The summed E-state index contributed by atoms with van der Waals surface area (Å²) in [6.45, 7) is 0. The Balaban J connectivity index is 2.97. The van der Waals surface area contributed by atoms with Crippen LogP contribution in [-0.2, 0) is 4.79 Å². The van der Waals surface area contributed by atoms with Crippen molar-refractivity contribution in [2.24, 2.45) is 4.99 Å². The van der Waals surface area contributed by atoms with E-state index in [4.69, 9.17) is 10.4 Å². The molecule has 56 valence electrons. The van der Waals surface area contributed by atoms with Crippen LogP contribution in [0.3, 0.4) is 0 Å². The summed E-state index contributed by atoms with van der Waals surface area (Å²) in [6.07, 6.45) is 4.15. The highest BCUT2D eigenvalue weighted by Gasteiger charge is 2.37. The third kappa shape index (κ3) is 1.05. The number of allylic oxidation sites excluding steroid dienone is 1. The van der Waals surface area contributed by atoms with Gasteiger partial charge >= 0.3 is 11.6 Å². The van der Waals surface area contributed by atoms with Crippen LogP contribution in [0.25, 0.3) is 0 Å². The minimum absolute atomic E-state index is 1.27. The lowest BCUT2D eigenvalue weighted by Gasteiger charge is -2.18. The van der Waals surface area contributed by atoms with Crippen LogP contribution in [0.2, 0.25) is 0 Å². The topological polar surface area (TPSA) is 85.5 Å². The van der Waals surface area contributed by atoms with Crippen LogP contribution >= 0.6 is 0 Å². The lowest BCUT2D eigenvalue weighted by atomic mass is 10.2. The van der Waals surface area contributed by atoms with Gasteiger partial charge in [0.2, 0.25) is 0 Å². The Morgan fingerprint density at radius 1 is 1.82 bits per heavy atom. The zero-order valence-corrected chi connectivity index (χ0v) is 5.48. The quantitative estimate of drug-likeness (QED) is 0.528. The van der Waals surface area contributed by atoms with Gasteiger partial charge in [-0.25, -0.2) is 9.79 Å². The van der Waals surface area contributed by atoms with Crippen molar-refractivity contribution in [3.63, 3.8) is 0 Å². The molecular weight excluding hydrogens is 146 g/mol. The monoisotopic (exact) mass is 151 g/mol. The largest absolute Gasteiger partial charge is 0.477 e. The zero-order valence-electron chi connectivity index (χ0n) is 5.48. The van der Waals surface area contributed by atoms with E-state index in [1.807, 2.05) is 0 Å². The Kier molecular flexibility index (Phi) is 1.60. The highest BCUT2D eigenvalue weighted by molar-refractivity contribution is 5.87. The molecule has 0 aromatic rings. The van der Waals surface area contributed by atoms with Gasteiger partial charge in [0.25, 0.3) is 0 Å². The van der Waals surface area contributed by atoms with E-state index in [9.17, 15) is 4.79 Å². The average molecular weight is 151 g/mol. The van der Waals surface area contributed by atoms with E-state index in [0.717, 1.165) is 0 Å². The number of hydrogen-bond donors (Lipinski definition) is 2. The maximum Gasteiger partial charge on any atom is 0.368 e. The first-order valence-corrected chi connectivity index (χ1v) is 2.84. The molecule has 1 unspecified atom stereocenters. The maximum absolute atomic E-state index is 10.5. The summed E-state index contributed by atoms with van der Waals surface area (Å²) in [5.74, 6) is -1.30. The molecule has 0 saturated carbocycles. The lowest BCUT2D eigenvalue weighted by molar-refractivity contribution is -0.141. The fourth-order valence-corrected chi connectivity index (χ4v) is 0.630. The average Bonchev–Trinajstić information content (AvgIpc) is 2.05. The minimum Gasteiger partial charge on any atom is -0.477 e. The van der Waals surface area contributed by atoms with Crippen LogP contribution in [0.4, 0.5) is 0 Å². The molecule has 5 nitrogen and oxygen atoms in total. The third-order valence-electron chi connectivity index (χ3n) is 1.21. The molecule has 0 aromatic carbocycles. The number of aliphatic imine (C=N–C) groups is 1.